The van der Waals surface area contributed by atoms with E-state index in [1.165, 1.54) is 0 Å². The van der Waals surface area contributed by atoms with Crippen LogP contribution in [0.25, 0.3) is 0 Å². The van der Waals surface area contributed by atoms with Gasteiger partial charge in [-0.2, -0.15) is 0 Å². The largest absolute Gasteiger partial charge is 0.497 e. The topological polar surface area (TPSA) is 29.5 Å². The van der Waals surface area contributed by atoms with E-state index in [2.05, 4.69) is 11.8 Å². The first kappa shape index (κ1) is 11.5. The third-order valence-electron chi connectivity index (χ3n) is 3.02. The monoisotopic (exact) mass is 229 g/mol. The van der Waals surface area contributed by atoms with Crippen LogP contribution in [0.15, 0.2) is 24.3 Å². The maximum Gasteiger partial charge on any atom is 0.234 e. The van der Waals surface area contributed by atoms with Gasteiger partial charge in [-0.1, -0.05) is 12.8 Å². The van der Waals surface area contributed by atoms with E-state index < -0.39 is 0 Å². The van der Waals surface area contributed by atoms with E-state index in [1.807, 2.05) is 31.2 Å². The Morgan fingerprint density at radius 1 is 1.29 bits per heavy atom. The quantitative estimate of drug-likeness (QED) is 0.574. The Morgan fingerprint density at radius 2 is 1.94 bits per heavy atom. The summed E-state index contributed by atoms with van der Waals surface area (Å²) in [6, 6.07) is 7.46. The zero-order valence-corrected chi connectivity index (χ0v) is 10.2. The van der Waals surface area contributed by atoms with Crippen LogP contribution in [0.3, 0.4) is 0 Å². The first-order valence-electron chi connectivity index (χ1n) is 5.58. The van der Waals surface area contributed by atoms with Crippen molar-refractivity contribution in [3.8, 4) is 17.6 Å². The smallest absolute Gasteiger partial charge is 0.234 e. The molecule has 3 nitrogen and oxygen atoms in total. The number of nitrogens with zero attached hydrogens (tertiary/aromatic N) is 1. The van der Waals surface area contributed by atoms with E-state index in [0.29, 0.717) is 0 Å². The number of anilines is 1. The Labute approximate surface area is 101 Å². The third-order valence-corrected chi connectivity index (χ3v) is 3.02. The molecule has 88 valence electrons. The van der Waals surface area contributed by atoms with Crippen LogP contribution in [0.2, 0.25) is 0 Å². The number of rotatable bonds is 2. The van der Waals surface area contributed by atoms with E-state index in [4.69, 9.17) is 4.74 Å². The van der Waals surface area contributed by atoms with Crippen molar-refractivity contribution in [2.75, 3.05) is 12.0 Å². The summed E-state index contributed by atoms with van der Waals surface area (Å²) >= 11 is 0. The number of carbonyl (C=O) groups excluding carboxylic acids is 1. The van der Waals surface area contributed by atoms with Crippen LogP contribution in [-0.2, 0) is 4.79 Å². The summed E-state index contributed by atoms with van der Waals surface area (Å²) in [5.41, 5.74) is 0.877. The maximum atomic E-state index is 11.8. The van der Waals surface area contributed by atoms with Crippen molar-refractivity contribution in [2.24, 2.45) is 5.92 Å². The minimum atomic E-state index is -0.00967. The molecule has 0 aromatic heterocycles. The van der Waals surface area contributed by atoms with Crippen molar-refractivity contribution in [3.63, 3.8) is 0 Å². The van der Waals surface area contributed by atoms with Crippen molar-refractivity contribution < 1.29 is 9.53 Å². The molecular formula is C14H15NO2. The molecule has 0 saturated carbocycles. The number of amides is 1. The molecule has 1 aliphatic heterocycles. The summed E-state index contributed by atoms with van der Waals surface area (Å²) in [7, 11) is 1.62. The fourth-order valence-electron chi connectivity index (χ4n) is 2.00. The van der Waals surface area contributed by atoms with Crippen LogP contribution in [0.4, 0.5) is 5.69 Å². The van der Waals surface area contributed by atoms with Gasteiger partial charge in [0.2, 0.25) is 5.91 Å². The molecule has 1 aromatic rings. The SMILES string of the molecule is CC#C[C@@H]1[C@@H](C)C(=O)N1c1ccc(OC)cc1. The molecule has 2 rings (SSSR count). The molecule has 1 heterocycles. The van der Waals surface area contributed by atoms with Crippen molar-refractivity contribution in [1.29, 1.82) is 0 Å². The van der Waals surface area contributed by atoms with E-state index in [9.17, 15) is 4.79 Å². The van der Waals surface area contributed by atoms with Gasteiger partial charge in [0.1, 0.15) is 11.8 Å². The molecule has 1 aliphatic rings. The number of ether oxygens (including phenoxy) is 1. The zero-order chi connectivity index (χ0) is 12.4. The zero-order valence-electron chi connectivity index (χ0n) is 10.2. The van der Waals surface area contributed by atoms with Gasteiger partial charge in [-0.05, 0) is 31.2 Å². The van der Waals surface area contributed by atoms with Gasteiger partial charge in [0, 0.05) is 5.69 Å². The molecular weight excluding hydrogens is 214 g/mol. The summed E-state index contributed by atoms with van der Waals surface area (Å²) < 4.78 is 5.09. The number of benzene rings is 1. The van der Waals surface area contributed by atoms with Crippen LogP contribution in [-0.4, -0.2) is 19.1 Å². The standard InChI is InChI=1S/C14H15NO2/c1-4-5-13-10(2)14(16)15(13)11-6-8-12(17-3)9-7-11/h6-10,13H,1-3H3/t10-,13-/m1/s1. The van der Waals surface area contributed by atoms with Crippen molar-refractivity contribution in [3.05, 3.63) is 24.3 Å². The molecule has 1 fully saturated rings. The number of β-lactam (4-membered cyclic amide) rings is 1. The lowest BCUT2D eigenvalue weighted by atomic mass is 9.89. The number of carbonyl (C=O) groups is 1. The molecule has 2 atom stereocenters. The molecule has 0 aliphatic carbocycles. The van der Waals surface area contributed by atoms with E-state index in [0.717, 1.165) is 11.4 Å². The van der Waals surface area contributed by atoms with Crippen molar-refractivity contribution >= 4 is 11.6 Å². The molecule has 3 heteroatoms. The molecule has 0 radical (unpaired) electrons. The van der Waals surface area contributed by atoms with Crippen LogP contribution in [0.1, 0.15) is 13.8 Å². The minimum absolute atomic E-state index is 0.000829. The predicted molar refractivity (Wildman–Crippen MR) is 66.9 cm³/mol. The molecule has 0 N–H and O–H groups in total. The second-order valence-electron chi connectivity index (χ2n) is 4.03. The lowest BCUT2D eigenvalue weighted by molar-refractivity contribution is -0.128. The lowest BCUT2D eigenvalue weighted by Gasteiger charge is -2.42. The van der Waals surface area contributed by atoms with Gasteiger partial charge in [-0.3, -0.25) is 9.69 Å². The Bertz CT molecular complexity index is 481. The second kappa shape index (κ2) is 4.50. The summed E-state index contributed by atoms with van der Waals surface area (Å²) in [4.78, 5) is 13.6. The minimum Gasteiger partial charge on any atom is -0.497 e. The first-order valence-corrected chi connectivity index (χ1v) is 5.58. The molecule has 1 saturated heterocycles. The Hall–Kier alpha value is -1.95. The number of methoxy groups -OCH3 is 1. The lowest BCUT2D eigenvalue weighted by Crippen LogP contribution is -2.59. The third kappa shape index (κ3) is 1.87. The van der Waals surface area contributed by atoms with Crippen LogP contribution < -0.4 is 9.64 Å². The van der Waals surface area contributed by atoms with E-state index >= 15 is 0 Å². The molecule has 17 heavy (non-hydrogen) atoms. The Kier molecular flexibility index (Phi) is 3.06. The van der Waals surface area contributed by atoms with Gasteiger partial charge in [-0.25, -0.2) is 0 Å². The van der Waals surface area contributed by atoms with Gasteiger partial charge in [0.25, 0.3) is 0 Å². The highest BCUT2D eigenvalue weighted by atomic mass is 16.5. The van der Waals surface area contributed by atoms with E-state index in [-0.39, 0.29) is 17.9 Å². The van der Waals surface area contributed by atoms with Crippen molar-refractivity contribution in [1.82, 2.24) is 0 Å². The molecule has 1 amide bonds. The van der Waals surface area contributed by atoms with Crippen LogP contribution in [0.5, 0.6) is 5.75 Å². The fraction of sp³-hybridized carbons (Fsp3) is 0.357. The Morgan fingerprint density at radius 3 is 2.47 bits per heavy atom. The van der Waals surface area contributed by atoms with Gasteiger partial charge >= 0.3 is 0 Å². The summed E-state index contributed by atoms with van der Waals surface area (Å²) in [6.45, 7) is 3.71. The van der Waals surface area contributed by atoms with Crippen LogP contribution >= 0.6 is 0 Å². The highest BCUT2D eigenvalue weighted by Gasteiger charge is 2.43. The number of hydrogen-bond donors (Lipinski definition) is 0. The molecule has 0 spiro atoms. The number of hydrogen-bond acceptors (Lipinski definition) is 2. The van der Waals surface area contributed by atoms with Gasteiger partial charge in [0.05, 0.1) is 13.0 Å². The summed E-state index contributed by atoms with van der Waals surface area (Å²) in [6.07, 6.45) is 0. The van der Waals surface area contributed by atoms with E-state index in [1.54, 1.807) is 18.9 Å². The maximum absolute atomic E-state index is 11.8. The summed E-state index contributed by atoms with van der Waals surface area (Å²) in [5.74, 6) is 6.84. The average molecular weight is 229 g/mol. The normalized spacial score (nSPS) is 22.5. The molecule has 1 aromatic carbocycles. The highest BCUT2D eigenvalue weighted by Crippen LogP contribution is 2.32. The predicted octanol–water partition coefficient (Wildman–Crippen LogP) is 2.07. The molecule has 0 bridgehead atoms. The van der Waals surface area contributed by atoms with Gasteiger partial charge in [-0.15, -0.1) is 5.92 Å². The molecule has 0 unspecified atom stereocenters. The second-order valence-corrected chi connectivity index (χ2v) is 4.03. The summed E-state index contributed by atoms with van der Waals surface area (Å²) in [5, 5.41) is 0. The highest BCUT2D eigenvalue weighted by molar-refractivity contribution is 6.03. The van der Waals surface area contributed by atoms with Gasteiger partial charge < -0.3 is 4.74 Å². The first-order chi connectivity index (χ1) is 8.19. The van der Waals surface area contributed by atoms with Gasteiger partial charge in [0.15, 0.2) is 0 Å². The van der Waals surface area contributed by atoms with Crippen LogP contribution in [0, 0.1) is 17.8 Å². The van der Waals surface area contributed by atoms with Crippen molar-refractivity contribution in [2.45, 2.75) is 19.9 Å². The average Bonchev–Trinajstić information content (AvgIpc) is 2.38. The fourth-order valence-corrected chi connectivity index (χ4v) is 2.00. The Balaban J connectivity index is 2.25.